The molecule has 1 N–H and O–H groups in total. The van der Waals surface area contributed by atoms with Crippen LogP contribution in [0, 0.1) is 0 Å². The topological polar surface area (TPSA) is 77.4 Å². The normalized spacial score (nSPS) is 12.7. The second-order valence-electron chi connectivity index (χ2n) is 7.69. The molecule has 158 valence electrons. The van der Waals surface area contributed by atoms with Crippen molar-refractivity contribution in [1.29, 1.82) is 0 Å². The quantitative estimate of drug-likeness (QED) is 0.183. The Morgan fingerprint density at radius 2 is 0.963 bits per heavy atom. The van der Waals surface area contributed by atoms with Crippen LogP contribution in [-0.2, 0) is 10.1 Å². The van der Waals surface area contributed by atoms with E-state index in [4.69, 9.17) is 5.11 Å². The van der Waals surface area contributed by atoms with Crippen LogP contribution < -0.4 is 51.4 Å². The molecule has 0 aliphatic rings. The van der Waals surface area contributed by atoms with Gasteiger partial charge in [-0.3, -0.25) is 0 Å². The number of rotatable bonds is 20. The number of aliphatic hydroxyl groups excluding tert-OH is 1. The molecule has 0 aromatic rings. The van der Waals surface area contributed by atoms with Crippen molar-refractivity contribution >= 4 is 10.1 Å². The van der Waals surface area contributed by atoms with Gasteiger partial charge in [-0.25, -0.2) is 8.42 Å². The van der Waals surface area contributed by atoms with Crippen molar-refractivity contribution in [2.75, 3.05) is 6.61 Å². The smallest absolute Gasteiger partial charge is 0.748 e. The fourth-order valence-corrected chi connectivity index (χ4v) is 4.37. The van der Waals surface area contributed by atoms with Gasteiger partial charge in [-0.2, -0.15) is 0 Å². The van der Waals surface area contributed by atoms with E-state index in [0.717, 1.165) is 25.7 Å². The Hall–Kier alpha value is 1.51. The summed E-state index contributed by atoms with van der Waals surface area (Å²) in [5.74, 6) is 0. The van der Waals surface area contributed by atoms with E-state index in [1.54, 1.807) is 6.92 Å². The van der Waals surface area contributed by atoms with Crippen LogP contribution in [0.2, 0.25) is 0 Å². The van der Waals surface area contributed by atoms with Crippen molar-refractivity contribution in [3.8, 4) is 0 Å². The molecule has 4 nitrogen and oxygen atoms in total. The van der Waals surface area contributed by atoms with Crippen molar-refractivity contribution in [3.05, 3.63) is 0 Å². The van der Waals surface area contributed by atoms with Gasteiger partial charge in [-0.1, -0.05) is 103 Å². The van der Waals surface area contributed by atoms with Crippen molar-refractivity contribution in [1.82, 2.24) is 0 Å². The molecule has 0 fully saturated rings. The number of hydrogen-bond donors (Lipinski definition) is 1. The Labute approximate surface area is 211 Å². The van der Waals surface area contributed by atoms with Crippen LogP contribution in [0.25, 0.3) is 0 Å². The second kappa shape index (κ2) is 22.2. The minimum Gasteiger partial charge on any atom is -0.748 e. The number of aliphatic hydroxyl groups is 1. The van der Waals surface area contributed by atoms with Crippen LogP contribution in [0.3, 0.4) is 0 Å². The number of hydrogen-bond acceptors (Lipinski definition) is 4. The fourth-order valence-electron chi connectivity index (χ4n) is 3.51. The Morgan fingerprint density at radius 1 is 0.667 bits per heavy atom. The van der Waals surface area contributed by atoms with Crippen LogP contribution in [0.1, 0.15) is 122 Å². The molecule has 0 spiro atoms. The van der Waals surface area contributed by atoms with E-state index in [2.05, 4.69) is 0 Å². The molecule has 6 heteroatoms. The molecule has 0 amide bonds. The van der Waals surface area contributed by atoms with Crippen LogP contribution in [0.15, 0.2) is 0 Å². The predicted octanol–water partition coefficient (Wildman–Crippen LogP) is 2.94. The summed E-state index contributed by atoms with van der Waals surface area (Å²) in [4.78, 5) is 0. The largest absolute Gasteiger partial charge is 1.00 e. The maximum Gasteiger partial charge on any atom is 1.00 e. The standard InChI is InChI=1S/C21H44O4S.K/c1-2-21(26(23,24)25)19-17-15-13-11-9-7-5-3-4-6-8-10-12-14-16-18-20-22;/h21-22H,2-20H2,1H3,(H,23,24,25);/q;+1/p-1. The summed E-state index contributed by atoms with van der Waals surface area (Å²) in [6.07, 6.45) is 20.7. The molecule has 0 heterocycles. The molecular weight excluding hydrogens is 387 g/mol. The van der Waals surface area contributed by atoms with Gasteiger partial charge in [0.2, 0.25) is 0 Å². The number of unbranched alkanes of at least 4 members (excludes halogenated alkanes) is 15. The van der Waals surface area contributed by atoms with E-state index < -0.39 is 15.4 Å². The first-order valence-electron chi connectivity index (χ1n) is 11.1. The summed E-state index contributed by atoms with van der Waals surface area (Å²) in [7, 11) is -4.10. The molecule has 27 heavy (non-hydrogen) atoms. The minimum absolute atomic E-state index is 0. The maximum absolute atomic E-state index is 11.0. The first kappa shape index (κ1) is 30.7. The zero-order valence-corrected chi connectivity index (χ0v) is 22.0. The van der Waals surface area contributed by atoms with E-state index >= 15 is 0 Å². The maximum atomic E-state index is 11.0. The fraction of sp³-hybridized carbons (Fsp3) is 1.00. The molecule has 0 rings (SSSR count). The van der Waals surface area contributed by atoms with Gasteiger partial charge in [0.1, 0.15) is 0 Å². The van der Waals surface area contributed by atoms with Gasteiger partial charge in [-0.05, 0) is 19.3 Å². The molecule has 0 aliphatic heterocycles. The zero-order valence-electron chi connectivity index (χ0n) is 18.1. The van der Waals surface area contributed by atoms with Crippen molar-refractivity contribution in [2.45, 2.75) is 128 Å². The zero-order chi connectivity index (χ0) is 19.5. The van der Waals surface area contributed by atoms with Crippen molar-refractivity contribution in [2.24, 2.45) is 0 Å². The molecule has 1 unspecified atom stereocenters. The summed E-state index contributed by atoms with van der Waals surface area (Å²) >= 11 is 0. The van der Waals surface area contributed by atoms with E-state index in [9.17, 15) is 13.0 Å². The van der Waals surface area contributed by atoms with Crippen LogP contribution in [0.4, 0.5) is 0 Å². The third-order valence-electron chi connectivity index (χ3n) is 5.30. The summed E-state index contributed by atoms with van der Waals surface area (Å²) in [6, 6.07) is 0. The van der Waals surface area contributed by atoms with E-state index in [-0.39, 0.29) is 51.4 Å². The SMILES string of the molecule is CCC(CCCCCCCCCCCCCCCCCCO)S(=O)(=O)[O-].[K+]. The monoisotopic (exact) mass is 430 g/mol. The molecule has 0 aliphatic carbocycles. The van der Waals surface area contributed by atoms with Crippen LogP contribution in [-0.4, -0.2) is 29.9 Å². The average Bonchev–Trinajstić information content (AvgIpc) is 2.59. The molecule has 1 atom stereocenters. The summed E-state index contributed by atoms with van der Waals surface area (Å²) in [5.41, 5.74) is 0. The third-order valence-corrected chi connectivity index (χ3v) is 6.68. The first-order chi connectivity index (χ1) is 12.5. The van der Waals surface area contributed by atoms with Gasteiger partial charge in [0.25, 0.3) is 0 Å². The molecule has 0 radical (unpaired) electrons. The van der Waals surface area contributed by atoms with Gasteiger partial charge in [0.15, 0.2) is 0 Å². The Kier molecular flexibility index (Phi) is 25.2. The summed E-state index contributed by atoms with van der Waals surface area (Å²) < 4.78 is 33.0. The third kappa shape index (κ3) is 22.0. The van der Waals surface area contributed by atoms with Crippen LogP contribution >= 0.6 is 0 Å². The molecular formula is C21H43KO4S. The van der Waals surface area contributed by atoms with Gasteiger partial charge >= 0.3 is 51.4 Å². The van der Waals surface area contributed by atoms with E-state index in [1.165, 1.54) is 77.0 Å². The van der Waals surface area contributed by atoms with Gasteiger partial charge < -0.3 is 9.66 Å². The van der Waals surface area contributed by atoms with E-state index in [0.29, 0.717) is 19.4 Å². The molecule has 0 saturated carbocycles. The predicted molar refractivity (Wildman–Crippen MR) is 109 cm³/mol. The van der Waals surface area contributed by atoms with Crippen LogP contribution in [0.5, 0.6) is 0 Å². The Bertz CT molecular complexity index is 388. The van der Waals surface area contributed by atoms with Gasteiger partial charge in [-0.15, -0.1) is 0 Å². The summed E-state index contributed by atoms with van der Waals surface area (Å²) in [5, 5.41) is 8.03. The van der Waals surface area contributed by atoms with E-state index in [1.807, 2.05) is 0 Å². The second-order valence-corrected chi connectivity index (χ2v) is 9.34. The molecule has 0 aromatic heterocycles. The van der Waals surface area contributed by atoms with Crippen molar-refractivity contribution < 1.29 is 69.5 Å². The molecule has 0 aromatic carbocycles. The molecule has 0 bridgehead atoms. The minimum atomic E-state index is -4.10. The van der Waals surface area contributed by atoms with Crippen molar-refractivity contribution in [3.63, 3.8) is 0 Å². The van der Waals surface area contributed by atoms with Gasteiger partial charge in [0.05, 0.1) is 10.1 Å². The van der Waals surface area contributed by atoms with Gasteiger partial charge in [0, 0.05) is 11.9 Å². The average molecular weight is 431 g/mol. The summed E-state index contributed by atoms with van der Waals surface area (Å²) in [6.45, 7) is 2.12. The Morgan fingerprint density at radius 3 is 1.22 bits per heavy atom. The first-order valence-corrected chi connectivity index (χ1v) is 12.5. The Balaban J connectivity index is 0. The molecule has 0 saturated heterocycles.